The molecule has 0 radical (unpaired) electrons. The van der Waals surface area contributed by atoms with Gasteiger partial charge in [-0.15, -0.1) is 0 Å². The molecule has 3 aromatic carbocycles. The van der Waals surface area contributed by atoms with Crippen LogP contribution in [-0.4, -0.2) is 18.5 Å². The summed E-state index contributed by atoms with van der Waals surface area (Å²) >= 11 is 6.39. The van der Waals surface area contributed by atoms with Gasteiger partial charge < -0.3 is 10.6 Å². The number of amides is 1. The largest absolute Gasteiger partial charge is 0.349 e. The lowest BCUT2D eigenvalue weighted by Gasteiger charge is -2.45. The summed E-state index contributed by atoms with van der Waals surface area (Å²) in [5.41, 5.74) is 2.13. The lowest BCUT2D eigenvalue weighted by atomic mass is 9.63. The molecule has 0 aliphatic carbocycles. The number of piperidine rings is 1. The predicted molar refractivity (Wildman–Crippen MR) is 129 cm³/mol. The van der Waals surface area contributed by atoms with Crippen LogP contribution in [0.5, 0.6) is 0 Å². The van der Waals surface area contributed by atoms with Gasteiger partial charge in [0.1, 0.15) is 0 Å². The topological polar surface area (TPSA) is 41.1 Å². The van der Waals surface area contributed by atoms with E-state index in [2.05, 4.69) is 60.9 Å². The Morgan fingerprint density at radius 2 is 1.81 bits per heavy atom. The molecule has 1 aliphatic rings. The number of hydrogen-bond donors (Lipinski definition) is 2. The van der Waals surface area contributed by atoms with Crippen LogP contribution in [-0.2, 0) is 10.2 Å². The minimum Gasteiger partial charge on any atom is -0.349 e. The molecule has 4 rings (SSSR count). The average Bonchev–Trinajstić information content (AvgIpc) is 2.78. The summed E-state index contributed by atoms with van der Waals surface area (Å²) in [7, 11) is 0. The van der Waals surface area contributed by atoms with Crippen LogP contribution in [0.4, 0.5) is 0 Å². The van der Waals surface area contributed by atoms with Crippen LogP contribution < -0.4 is 10.6 Å². The fourth-order valence-corrected chi connectivity index (χ4v) is 5.50. The van der Waals surface area contributed by atoms with Gasteiger partial charge in [-0.25, -0.2) is 0 Å². The Morgan fingerprint density at radius 3 is 2.55 bits per heavy atom. The molecule has 0 spiro atoms. The Labute approximate surface area is 190 Å². The minimum absolute atomic E-state index is 0.0921. The van der Waals surface area contributed by atoms with Crippen molar-refractivity contribution in [2.75, 3.05) is 6.54 Å². The summed E-state index contributed by atoms with van der Waals surface area (Å²) in [5.74, 6) is -0.0538. The molecular formula is C27H31ClN2O. The van der Waals surface area contributed by atoms with E-state index < -0.39 is 0 Å². The predicted octanol–water partition coefficient (Wildman–Crippen LogP) is 6.02. The Kier molecular flexibility index (Phi) is 6.36. The van der Waals surface area contributed by atoms with E-state index in [4.69, 9.17) is 11.6 Å². The normalized spacial score (nSPS) is 23.3. The van der Waals surface area contributed by atoms with Gasteiger partial charge in [-0.3, -0.25) is 4.79 Å². The van der Waals surface area contributed by atoms with Crippen LogP contribution in [0.1, 0.15) is 50.8 Å². The third-order valence-corrected chi connectivity index (χ3v) is 7.21. The number of fused-ring (bicyclic) bond motifs is 1. The van der Waals surface area contributed by atoms with Gasteiger partial charge in [-0.2, -0.15) is 0 Å². The Morgan fingerprint density at radius 1 is 1.10 bits per heavy atom. The molecule has 1 amide bonds. The number of benzene rings is 3. The number of carbonyl (C=O) groups excluding carboxylic acids is 1. The van der Waals surface area contributed by atoms with E-state index in [1.807, 2.05) is 37.3 Å². The first-order chi connectivity index (χ1) is 14.9. The van der Waals surface area contributed by atoms with Crippen molar-refractivity contribution in [3.05, 3.63) is 82.9 Å². The first-order valence-electron chi connectivity index (χ1n) is 11.2. The van der Waals surface area contributed by atoms with Gasteiger partial charge in [0.05, 0.1) is 6.04 Å². The van der Waals surface area contributed by atoms with Crippen LogP contribution in [0, 0.1) is 5.92 Å². The lowest BCUT2D eigenvalue weighted by Crippen LogP contribution is -2.52. The monoisotopic (exact) mass is 434 g/mol. The highest BCUT2D eigenvalue weighted by atomic mass is 35.5. The molecule has 31 heavy (non-hydrogen) atoms. The van der Waals surface area contributed by atoms with E-state index >= 15 is 0 Å². The molecule has 0 aromatic heterocycles. The molecule has 1 saturated heterocycles. The van der Waals surface area contributed by atoms with Crippen LogP contribution in [0.15, 0.2) is 66.7 Å². The van der Waals surface area contributed by atoms with Gasteiger partial charge in [0, 0.05) is 22.4 Å². The van der Waals surface area contributed by atoms with Crippen molar-refractivity contribution in [2.24, 2.45) is 5.92 Å². The first-order valence-corrected chi connectivity index (χ1v) is 11.6. The lowest BCUT2D eigenvalue weighted by molar-refractivity contribution is -0.128. The Hall–Kier alpha value is -2.36. The van der Waals surface area contributed by atoms with Gasteiger partial charge >= 0.3 is 0 Å². The van der Waals surface area contributed by atoms with E-state index in [9.17, 15) is 4.79 Å². The molecule has 3 aromatic rings. The molecule has 3 nitrogen and oxygen atoms in total. The van der Waals surface area contributed by atoms with E-state index in [1.165, 1.54) is 5.56 Å². The molecule has 4 unspecified atom stereocenters. The second-order valence-corrected chi connectivity index (χ2v) is 9.44. The van der Waals surface area contributed by atoms with Gasteiger partial charge in [-0.1, -0.05) is 73.1 Å². The molecular weight excluding hydrogens is 404 g/mol. The van der Waals surface area contributed by atoms with E-state index in [0.717, 1.165) is 35.7 Å². The molecule has 0 saturated carbocycles. The first kappa shape index (κ1) is 21.9. The minimum atomic E-state index is -0.174. The zero-order valence-corrected chi connectivity index (χ0v) is 19.2. The summed E-state index contributed by atoms with van der Waals surface area (Å²) in [6.45, 7) is 7.26. The van der Waals surface area contributed by atoms with Crippen molar-refractivity contribution in [3.8, 4) is 0 Å². The zero-order chi connectivity index (χ0) is 22.0. The van der Waals surface area contributed by atoms with Gasteiger partial charge in [0.15, 0.2) is 0 Å². The van der Waals surface area contributed by atoms with E-state index in [-0.39, 0.29) is 23.3 Å². The fourth-order valence-electron chi connectivity index (χ4n) is 5.27. The third kappa shape index (κ3) is 4.35. The maximum absolute atomic E-state index is 13.6. The standard InChI is InChI=1S/C27H31ClN2O/c1-18-17-27(13-14-29-18,22-10-5-4-6-11-22)19(2)26(31)30-20(3)25-16-23(28)15-21-9-7-8-12-24(21)25/h4-12,15-16,18-20,29H,13-14,17H2,1-3H3,(H,30,31). The van der Waals surface area contributed by atoms with Crippen LogP contribution in [0.2, 0.25) is 5.02 Å². The molecule has 2 N–H and O–H groups in total. The quantitative estimate of drug-likeness (QED) is 0.515. The SMILES string of the molecule is CC1CC(c2ccccc2)(C(C)C(=O)NC(C)c2cc(Cl)cc3ccccc23)CCN1. The molecule has 162 valence electrons. The van der Waals surface area contributed by atoms with Crippen molar-refractivity contribution < 1.29 is 4.79 Å². The second kappa shape index (κ2) is 9.02. The second-order valence-electron chi connectivity index (χ2n) is 9.00. The van der Waals surface area contributed by atoms with Crippen LogP contribution in [0.25, 0.3) is 10.8 Å². The van der Waals surface area contributed by atoms with Gasteiger partial charge in [0.2, 0.25) is 5.91 Å². The number of rotatable bonds is 5. The fraction of sp³-hybridized carbons (Fsp3) is 0.370. The summed E-state index contributed by atoms with van der Waals surface area (Å²) in [6.07, 6.45) is 1.89. The average molecular weight is 435 g/mol. The highest BCUT2D eigenvalue weighted by Crippen LogP contribution is 2.42. The summed E-state index contributed by atoms with van der Waals surface area (Å²) in [4.78, 5) is 13.6. The van der Waals surface area contributed by atoms with Crippen molar-refractivity contribution in [1.82, 2.24) is 10.6 Å². The molecule has 1 fully saturated rings. The highest BCUT2D eigenvalue weighted by Gasteiger charge is 2.44. The Bertz CT molecular complexity index is 1070. The van der Waals surface area contributed by atoms with Crippen molar-refractivity contribution in [2.45, 2.75) is 51.1 Å². The molecule has 1 aliphatic heterocycles. The van der Waals surface area contributed by atoms with Crippen molar-refractivity contribution in [1.29, 1.82) is 0 Å². The van der Waals surface area contributed by atoms with E-state index in [1.54, 1.807) is 0 Å². The maximum Gasteiger partial charge on any atom is 0.224 e. The molecule has 1 heterocycles. The summed E-state index contributed by atoms with van der Waals surface area (Å²) in [6, 6.07) is 22.9. The van der Waals surface area contributed by atoms with Gasteiger partial charge in [0.25, 0.3) is 0 Å². The number of hydrogen-bond acceptors (Lipinski definition) is 2. The smallest absolute Gasteiger partial charge is 0.224 e. The number of halogens is 1. The molecule has 4 atom stereocenters. The van der Waals surface area contributed by atoms with Crippen molar-refractivity contribution >= 4 is 28.3 Å². The van der Waals surface area contributed by atoms with Crippen molar-refractivity contribution in [3.63, 3.8) is 0 Å². The van der Waals surface area contributed by atoms with Crippen LogP contribution >= 0.6 is 11.6 Å². The van der Waals surface area contributed by atoms with Gasteiger partial charge in [-0.05, 0) is 67.3 Å². The third-order valence-electron chi connectivity index (χ3n) is 6.99. The van der Waals surface area contributed by atoms with E-state index in [0.29, 0.717) is 11.1 Å². The maximum atomic E-state index is 13.6. The number of nitrogens with one attached hydrogen (secondary N) is 2. The Balaban J connectivity index is 1.63. The summed E-state index contributed by atoms with van der Waals surface area (Å²) in [5, 5.41) is 9.76. The molecule has 0 bridgehead atoms. The summed E-state index contributed by atoms with van der Waals surface area (Å²) < 4.78 is 0. The highest BCUT2D eigenvalue weighted by molar-refractivity contribution is 6.31. The number of carbonyl (C=O) groups is 1. The molecule has 4 heteroatoms. The van der Waals surface area contributed by atoms with Crippen LogP contribution in [0.3, 0.4) is 0 Å². The zero-order valence-electron chi connectivity index (χ0n) is 18.5.